The highest BCUT2D eigenvalue weighted by molar-refractivity contribution is 5.82. The van der Waals surface area contributed by atoms with Crippen molar-refractivity contribution in [2.75, 3.05) is 18.9 Å². The fourth-order valence-electron chi connectivity index (χ4n) is 5.48. The van der Waals surface area contributed by atoms with E-state index in [-0.39, 0.29) is 23.6 Å². The maximum absolute atomic E-state index is 13.9. The van der Waals surface area contributed by atoms with Crippen molar-refractivity contribution in [3.05, 3.63) is 84.1 Å². The van der Waals surface area contributed by atoms with E-state index in [2.05, 4.69) is 46.3 Å². The summed E-state index contributed by atoms with van der Waals surface area (Å²) in [5.41, 5.74) is 12.2. The van der Waals surface area contributed by atoms with Crippen LogP contribution in [-0.2, 0) is 17.1 Å². The second-order valence-corrected chi connectivity index (χ2v) is 10.4. The highest BCUT2D eigenvalue weighted by atomic mass is 19.3. The fourth-order valence-corrected chi connectivity index (χ4v) is 5.48. The van der Waals surface area contributed by atoms with Gasteiger partial charge in [0.15, 0.2) is 5.65 Å². The molecular formula is C30H31F2N7O. The van der Waals surface area contributed by atoms with Gasteiger partial charge in [0, 0.05) is 55.4 Å². The summed E-state index contributed by atoms with van der Waals surface area (Å²) >= 11 is 0. The predicted molar refractivity (Wildman–Crippen MR) is 149 cm³/mol. The lowest BCUT2D eigenvalue weighted by Gasteiger charge is -2.31. The number of fused-ring (bicyclic) bond motifs is 1. The largest absolute Gasteiger partial charge is 0.381 e. The number of nitrogens with zero attached hydrogens (tertiary/aromatic N) is 6. The lowest BCUT2D eigenvalue weighted by Crippen LogP contribution is -2.27. The van der Waals surface area contributed by atoms with Crippen molar-refractivity contribution >= 4 is 11.6 Å². The fraction of sp³-hybridized carbons (Fsp3) is 0.333. The molecule has 40 heavy (non-hydrogen) atoms. The number of rotatable bonds is 7. The lowest BCUT2D eigenvalue weighted by molar-refractivity contribution is 0.0127. The first-order valence-corrected chi connectivity index (χ1v) is 13.5. The van der Waals surface area contributed by atoms with E-state index in [4.69, 9.17) is 15.6 Å². The van der Waals surface area contributed by atoms with E-state index in [1.54, 1.807) is 16.8 Å². The number of nitrogen functional groups attached to an aromatic ring is 1. The van der Waals surface area contributed by atoms with Crippen molar-refractivity contribution in [3.63, 3.8) is 0 Å². The van der Waals surface area contributed by atoms with E-state index < -0.39 is 5.92 Å². The second kappa shape index (κ2) is 10.4. The van der Waals surface area contributed by atoms with E-state index in [1.807, 2.05) is 29.3 Å². The van der Waals surface area contributed by atoms with Gasteiger partial charge in [0.1, 0.15) is 5.69 Å². The van der Waals surface area contributed by atoms with Gasteiger partial charge < -0.3 is 10.5 Å². The highest BCUT2D eigenvalue weighted by Gasteiger charge is 2.30. The summed E-state index contributed by atoms with van der Waals surface area (Å²) in [5.74, 6) is -2.57. The molecule has 6 rings (SSSR count). The van der Waals surface area contributed by atoms with E-state index >= 15 is 0 Å². The van der Waals surface area contributed by atoms with Gasteiger partial charge in [-0.3, -0.25) is 9.67 Å². The molecule has 1 unspecified atom stereocenters. The molecule has 1 saturated heterocycles. The van der Waals surface area contributed by atoms with Crippen molar-refractivity contribution in [2.24, 2.45) is 5.92 Å². The van der Waals surface area contributed by atoms with Gasteiger partial charge in [-0.1, -0.05) is 37.3 Å². The average Bonchev–Trinajstić information content (AvgIpc) is 3.59. The number of alkyl halides is 2. The van der Waals surface area contributed by atoms with Gasteiger partial charge in [0.25, 0.3) is 5.92 Å². The number of nitrogens with two attached hydrogens (primary N) is 1. The Labute approximate surface area is 230 Å². The third kappa shape index (κ3) is 5.06. The molecule has 5 heterocycles. The minimum Gasteiger partial charge on any atom is -0.381 e. The molecule has 10 heteroatoms. The Balaban J connectivity index is 1.42. The van der Waals surface area contributed by atoms with Gasteiger partial charge in [-0.05, 0) is 54.0 Å². The zero-order valence-corrected chi connectivity index (χ0v) is 22.5. The van der Waals surface area contributed by atoms with Crippen molar-refractivity contribution in [3.8, 4) is 22.3 Å². The number of pyridine rings is 2. The first kappa shape index (κ1) is 26.1. The van der Waals surface area contributed by atoms with Gasteiger partial charge >= 0.3 is 0 Å². The van der Waals surface area contributed by atoms with Crippen molar-refractivity contribution in [1.29, 1.82) is 0 Å². The van der Waals surface area contributed by atoms with Crippen LogP contribution < -0.4 is 5.73 Å². The van der Waals surface area contributed by atoms with Crippen LogP contribution in [0.2, 0.25) is 0 Å². The van der Waals surface area contributed by atoms with Gasteiger partial charge in [-0.2, -0.15) is 18.9 Å². The van der Waals surface area contributed by atoms with Crippen LogP contribution in [0.1, 0.15) is 49.6 Å². The third-order valence-corrected chi connectivity index (χ3v) is 7.61. The summed E-state index contributed by atoms with van der Waals surface area (Å²) in [4.78, 5) is 8.57. The molecule has 1 aliphatic rings. The Morgan fingerprint density at radius 3 is 2.60 bits per heavy atom. The third-order valence-electron chi connectivity index (χ3n) is 7.61. The van der Waals surface area contributed by atoms with Gasteiger partial charge in [-0.25, -0.2) is 4.52 Å². The second-order valence-electron chi connectivity index (χ2n) is 10.4. The molecule has 5 aromatic rings. The summed E-state index contributed by atoms with van der Waals surface area (Å²) in [5, 5.41) is 9.15. The number of ether oxygens (including phenoxy) is 1. The average molecular weight is 544 g/mol. The summed E-state index contributed by atoms with van der Waals surface area (Å²) < 4.78 is 36.9. The molecule has 0 radical (unpaired) electrons. The Bertz CT molecular complexity index is 1630. The Hall–Kier alpha value is -4.18. The molecule has 0 bridgehead atoms. The smallest absolute Gasteiger partial charge is 0.286 e. The monoisotopic (exact) mass is 543 g/mol. The van der Waals surface area contributed by atoms with E-state index in [1.165, 1.54) is 11.6 Å². The van der Waals surface area contributed by atoms with Crippen molar-refractivity contribution < 1.29 is 13.5 Å². The summed E-state index contributed by atoms with van der Waals surface area (Å²) in [6.45, 7) is 4.29. The van der Waals surface area contributed by atoms with Crippen LogP contribution in [-0.4, -0.2) is 42.6 Å². The predicted octanol–water partition coefficient (Wildman–Crippen LogP) is 5.93. The van der Waals surface area contributed by atoms with Crippen molar-refractivity contribution in [2.45, 2.75) is 45.1 Å². The molecule has 0 amide bonds. The molecule has 1 aliphatic heterocycles. The van der Waals surface area contributed by atoms with Gasteiger partial charge in [0.2, 0.25) is 5.95 Å². The molecule has 4 aromatic heterocycles. The molecule has 0 spiro atoms. The van der Waals surface area contributed by atoms with Crippen LogP contribution in [0.3, 0.4) is 0 Å². The molecule has 8 nitrogen and oxygen atoms in total. The number of aryl methyl sites for hydroxylation is 1. The Morgan fingerprint density at radius 2 is 1.88 bits per heavy atom. The molecule has 1 aromatic carbocycles. The molecule has 2 N–H and O–H groups in total. The van der Waals surface area contributed by atoms with Crippen LogP contribution >= 0.6 is 0 Å². The minimum absolute atomic E-state index is 0.170. The topological polar surface area (TPSA) is 96.1 Å². The van der Waals surface area contributed by atoms with E-state index in [0.29, 0.717) is 18.9 Å². The number of anilines is 1. The molecule has 1 fully saturated rings. The normalized spacial score (nSPS) is 15.5. The number of hydrogen-bond acceptors (Lipinski definition) is 6. The van der Waals surface area contributed by atoms with E-state index in [9.17, 15) is 8.78 Å². The summed E-state index contributed by atoms with van der Waals surface area (Å²) in [7, 11) is 0. The van der Waals surface area contributed by atoms with Crippen LogP contribution in [0.5, 0.6) is 0 Å². The maximum atomic E-state index is 13.9. The molecule has 206 valence electrons. The molecule has 0 aliphatic carbocycles. The van der Waals surface area contributed by atoms with Crippen LogP contribution in [0, 0.1) is 5.92 Å². The summed E-state index contributed by atoms with van der Waals surface area (Å²) in [6, 6.07) is 13.4. The molecule has 1 atom stereocenters. The van der Waals surface area contributed by atoms with E-state index in [0.717, 1.165) is 54.0 Å². The number of benzene rings is 1. The zero-order valence-electron chi connectivity index (χ0n) is 22.5. The quantitative estimate of drug-likeness (QED) is 0.274. The SMILES string of the molecule is CCc1cccc(-c2cc(-c3cnn(C(c4ccc(C(C)(F)F)nc4)C4CCOCC4)c3)cn3nc(N)nc23)c1. The first-order chi connectivity index (χ1) is 19.3. The van der Waals surface area contributed by atoms with Crippen LogP contribution in [0.25, 0.3) is 27.9 Å². The molecular weight excluding hydrogens is 512 g/mol. The van der Waals surface area contributed by atoms with Gasteiger partial charge in [-0.15, -0.1) is 5.10 Å². The Morgan fingerprint density at radius 1 is 1.05 bits per heavy atom. The van der Waals surface area contributed by atoms with Crippen LogP contribution in [0.15, 0.2) is 67.3 Å². The molecule has 0 saturated carbocycles. The Kier molecular flexibility index (Phi) is 6.79. The van der Waals surface area contributed by atoms with Crippen LogP contribution in [0.4, 0.5) is 14.7 Å². The summed E-state index contributed by atoms with van der Waals surface area (Å²) in [6.07, 6.45) is 9.87. The lowest BCUT2D eigenvalue weighted by atomic mass is 9.87. The van der Waals surface area contributed by atoms with Crippen molar-refractivity contribution in [1.82, 2.24) is 29.4 Å². The number of hydrogen-bond donors (Lipinski definition) is 1. The minimum atomic E-state index is -3.00. The number of aromatic nitrogens is 6. The first-order valence-electron chi connectivity index (χ1n) is 13.5. The van der Waals surface area contributed by atoms with Gasteiger partial charge in [0.05, 0.1) is 12.2 Å². The standard InChI is InChI=1S/C30H31F2N7O/c1-3-19-5-4-6-21(13-19)25-14-23(17-39-28(25)36-29(33)37-39)24-16-35-38(18-24)27(20-9-11-40-12-10-20)22-7-8-26(34-15-22)30(2,31)32/h4-8,13-18,20,27H,3,9-12H2,1-2H3,(H2,33,37). The highest BCUT2D eigenvalue weighted by Crippen LogP contribution is 2.36. The zero-order chi connectivity index (χ0) is 27.9. The number of halogens is 2. The maximum Gasteiger partial charge on any atom is 0.286 e.